The monoisotopic (exact) mass is 433 g/mol. The minimum absolute atomic E-state index is 0.181. The molecule has 0 heterocycles. The second kappa shape index (κ2) is 11.7. The summed E-state index contributed by atoms with van der Waals surface area (Å²) >= 11 is 0. The van der Waals surface area contributed by atoms with E-state index in [0.717, 1.165) is 11.1 Å². The molecule has 2 rings (SSSR count). The number of benzene rings is 2. The highest BCUT2D eigenvalue weighted by Gasteiger charge is 2.31. The molecule has 30 heavy (non-hydrogen) atoms. The standard InChI is InChI=1S/C23H31NO5S/c1-4-5-6-23(15-16-25)30(26,27)24(17-19-7-11-21(28-2)12-8-19)18-20-9-13-22(29-3)14-10-20/h4,7-14,23,25H,1,5-6,15-18H2,2-3H3. The van der Waals surface area contributed by atoms with E-state index in [1.54, 1.807) is 20.3 Å². The minimum atomic E-state index is -3.66. The van der Waals surface area contributed by atoms with E-state index in [4.69, 9.17) is 9.47 Å². The second-order valence-electron chi connectivity index (χ2n) is 7.01. The molecule has 0 fully saturated rings. The zero-order valence-corrected chi connectivity index (χ0v) is 18.5. The van der Waals surface area contributed by atoms with Crippen LogP contribution in [0.3, 0.4) is 0 Å². The zero-order valence-electron chi connectivity index (χ0n) is 17.7. The summed E-state index contributed by atoms with van der Waals surface area (Å²) in [5.41, 5.74) is 1.72. The topological polar surface area (TPSA) is 76.1 Å². The van der Waals surface area contributed by atoms with Gasteiger partial charge in [-0.15, -0.1) is 6.58 Å². The molecule has 0 saturated carbocycles. The number of sulfonamides is 1. The molecule has 0 aromatic heterocycles. The van der Waals surface area contributed by atoms with E-state index in [9.17, 15) is 13.5 Å². The maximum atomic E-state index is 13.5. The minimum Gasteiger partial charge on any atom is -0.497 e. The number of nitrogens with zero attached hydrogens (tertiary/aromatic N) is 1. The largest absolute Gasteiger partial charge is 0.497 e. The van der Waals surface area contributed by atoms with Crippen molar-refractivity contribution in [1.29, 1.82) is 0 Å². The first-order chi connectivity index (χ1) is 14.4. The second-order valence-corrected chi connectivity index (χ2v) is 9.22. The van der Waals surface area contributed by atoms with Gasteiger partial charge in [0.1, 0.15) is 11.5 Å². The fourth-order valence-electron chi connectivity index (χ4n) is 3.21. The van der Waals surface area contributed by atoms with Gasteiger partial charge in [-0.2, -0.15) is 4.31 Å². The molecule has 2 aromatic rings. The van der Waals surface area contributed by atoms with Gasteiger partial charge >= 0.3 is 0 Å². The van der Waals surface area contributed by atoms with Gasteiger partial charge in [0, 0.05) is 19.7 Å². The third-order valence-electron chi connectivity index (χ3n) is 4.96. The maximum absolute atomic E-state index is 13.5. The maximum Gasteiger partial charge on any atom is 0.217 e. The van der Waals surface area contributed by atoms with Crippen molar-refractivity contribution in [3.8, 4) is 11.5 Å². The van der Waals surface area contributed by atoms with Gasteiger partial charge in [0.15, 0.2) is 0 Å². The van der Waals surface area contributed by atoms with Crippen LogP contribution in [-0.4, -0.2) is 43.9 Å². The summed E-state index contributed by atoms with van der Waals surface area (Å²) in [6.45, 7) is 3.97. The Balaban J connectivity index is 2.34. The van der Waals surface area contributed by atoms with Crippen LogP contribution in [0.15, 0.2) is 61.2 Å². The van der Waals surface area contributed by atoms with Crippen LogP contribution < -0.4 is 9.47 Å². The first kappa shape index (κ1) is 23.9. The molecule has 0 aliphatic carbocycles. The van der Waals surface area contributed by atoms with Crippen molar-refractivity contribution in [2.45, 2.75) is 37.6 Å². The predicted octanol–water partition coefficient (Wildman–Crippen LogP) is 3.75. The van der Waals surface area contributed by atoms with Crippen LogP contribution in [0.25, 0.3) is 0 Å². The SMILES string of the molecule is C=CCCC(CCO)S(=O)(=O)N(Cc1ccc(OC)cc1)Cc1ccc(OC)cc1. The number of methoxy groups -OCH3 is 2. The third kappa shape index (κ3) is 6.58. The summed E-state index contributed by atoms with van der Waals surface area (Å²) in [7, 11) is -0.479. The lowest BCUT2D eigenvalue weighted by Gasteiger charge is -2.28. The first-order valence-corrected chi connectivity index (χ1v) is 11.4. The molecular formula is C23H31NO5S. The highest BCUT2D eigenvalue weighted by molar-refractivity contribution is 7.89. The smallest absolute Gasteiger partial charge is 0.217 e. The van der Waals surface area contributed by atoms with E-state index in [1.807, 2.05) is 48.5 Å². The number of hydrogen-bond donors (Lipinski definition) is 1. The van der Waals surface area contributed by atoms with Crippen molar-refractivity contribution in [3.05, 3.63) is 72.3 Å². The summed E-state index contributed by atoms with van der Waals surface area (Å²) in [4.78, 5) is 0. The Morgan fingerprint density at radius 2 is 1.40 bits per heavy atom. The molecule has 1 N–H and O–H groups in total. The Hall–Kier alpha value is -2.35. The number of hydrogen-bond acceptors (Lipinski definition) is 5. The quantitative estimate of drug-likeness (QED) is 0.487. The number of allylic oxidation sites excluding steroid dienone is 1. The van der Waals surface area contributed by atoms with Gasteiger partial charge in [-0.3, -0.25) is 0 Å². The van der Waals surface area contributed by atoms with Crippen LogP contribution in [0.2, 0.25) is 0 Å². The van der Waals surface area contributed by atoms with Gasteiger partial charge in [-0.1, -0.05) is 30.3 Å². The van der Waals surface area contributed by atoms with Crippen LogP contribution in [0, 0.1) is 0 Å². The normalized spacial score (nSPS) is 12.5. The Morgan fingerprint density at radius 3 is 1.77 bits per heavy atom. The average molecular weight is 434 g/mol. The van der Waals surface area contributed by atoms with E-state index >= 15 is 0 Å². The molecule has 0 radical (unpaired) electrons. The number of ether oxygens (including phenoxy) is 2. The van der Waals surface area contributed by atoms with Crippen molar-refractivity contribution >= 4 is 10.0 Å². The molecular weight excluding hydrogens is 402 g/mol. The van der Waals surface area contributed by atoms with Crippen LogP contribution in [0.5, 0.6) is 11.5 Å². The molecule has 6 nitrogen and oxygen atoms in total. The summed E-state index contributed by atoms with van der Waals surface area (Å²) < 4.78 is 38.9. The molecule has 7 heteroatoms. The Kier molecular flexibility index (Phi) is 9.36. The van der Waals surface area contributed by atoms with Crippen LogP contribution in [0.1, 0.15) is 30.4 Å². The molecule has 1 atom stereocenters. The van der Waals surface area contributed by atoms with Gasteiger partial charge in [-0.25, -0.2) is 8.42 Å². The fraction of sp³-hybridized carbons (Fsp3) is 0.391. The molecule has 164 valence electrons. The lowest BCUT2D eigenvalue weighted by Crippen LogP contribution is -2.38. The van der Waals surface area contributed by atoms with Crippen LogP contribution in [-0.2, 0) is 23.1 Å². The average Bonchev–Trinajstić information content (AvgIpc) is 2.77. The van der Waals surface area contributed by atoms with Gasteiger partial charge in [0.05, 0.1) is 19.5 Å². The van der Waals surface area contributed by atoms with E-state index in [2.05, 4.69) is 6.58 Å². The van der Waals surface area contributed by atoms with E-state index in [1.165, 1.54) is 4.31 Å². The van der Waals surface area contributed by atoms with Crippen LogP contribution >= 0.6 is 0 Å². The Labute approximate surface area is 179 Å². The summed E-state index contributed by atoms with van der Waals surface area (Å²) in [6, 6.07) is 14.7. The van der Waals surface area contributed by atoms with E-state index in [0.29, 0.717) is 24.3 Å². The lowest BCUT2D eigenvalue weighted by atomic mass is 10.2. The Morgan fingerprint density at radius 1 is 0.933 bits per heavy atom. The van der Waals surface area contributed by atoms with Gasteiger partial charge in [-0.05, 0) is 54.7 Å². The molecule has 0 aliphatic rings. The fourth-order valence-corrected chi connectivity index (χ4v) is 5.12. The Bertz CT molecular complexity index is 829. The van der Waals surface area contributed by atoms with Gasteiger partial charge in [0.25, 0.3) is 0 Å². The highest BCUT2D eigenvalue weighted by atomic mass is 32.2. The molecule has 0 amide bonds. The van der Waals surface area contributed by atoms with Gasteiger partial charge in [0.2, 0.25) is 10.0 Å². The molecule has 2 aromatic carbocycles. The number of aliphatic hydroxyl groups excluding tert-OH is 1. The van der Waals surface area contributed by atoms with Crippen molar-refractivity contribution in [2.24, 2.45) is 0 Å². The molecule has 0 bridgehead atoms. The highest BCUT2D eigenvalue weighted by Crippen LogP contribution is 2.24. The molecule has 0 spiro atoms. The van der Waals surface area contributed by atoms with Crippen LogP contribution in [0.4, 0.5) is 0 Å². The predicted molar refractivity (Wildman–Crippen MR) is 119 cm³/mol. The number of rotatable bonds is 13. The molecule has 0 saturated heterocycles. The molecule has 1 unspecified atom stereocenters. The first-order valence-electron chi connectivity index (χ1n) is 9.91. The van der Waals surface area contributed by atoms with Crippen molar-refractivity contribution in [1.82, 2.24) is 4.31 Å². The summed E-state index contributed by atoms with van der Waals surface area (Å²) in [5.74, 6) is 1.43. The van der Waals surface area contributed by atoms with Crippen molar-refractivity contribution in [3.63, 3.8) is 0 Å². The summed E-state index contributed by atoms with van der Waals surface area (Å²) in [6.07, 6.45) is 2.89. The zero-order chi connectivity index (χ0) is 22.0. The van der Waals surface area contributed by atoms with Gasteiger partial charge < -0.3 is 14.6 Å². The van der Waals surface area contributed by atoms with Crippen molar-refractivity contribution < 1.29 is 23.0 Å². The third-order valence-corrected chi connectivity index (χ3v) is 7.25. The van der Waals surface area contributed by atoms with E-state index in [-0.39, 0.29) is 26.1 Å². The van der Waals surface area contributed by atoms with E-state index < -0.39 is 15.3 Å². The van der Waals surface area contributed by atoms with Crippen molar-refractivity contribution in [2.75, 3.05) is 20.8 Å². The number of aliphatic hydroxyl groups is 1. The lowest BCUT2D eigenvalue weighted by molar-refractivity contribution is 0.280. The molecule has 0 aliphatic heterocycles. The summed E-state index contributed by atoms with van der Waals surface area (Å²) in [5, 5.41) is 8.77.